The molecule has 1 saturated heterocycles. The van der Waals surface area contributed by atoms with E-state index in [4.69, 9.17) is 0 Å². The standard InChI is InChI=1S/C18H26N2OS.ClH/c1-14-6-8-16(9-7-14)22-18(10-2-3-11-18)17(21)20-15-5-4-12-19-13-15;/h6-9,15,19H,2-5,10-13H2,1H3,(H,20,21);1H/t15-;/m0./s1. The fourth-order valence-corrected chi connectivity index (χ4v) is 4.81. The van der Waals surface area contributed by atoms with Crippen molar-refractivity contribution in [3.8, 4) is 0 Å². The van der Waals surface area contributed by atoms with Gasteiger partial charge in [0, 0.05) is 17.5 Å². The minimum atomic E-state index is -0.257. The highest BCUT2D eigenvalue weighted by molar-refractivity contribution is 8.01. The average Bonchev–Trinajstić information content (AvgIpc) is 3.00. The molecule has 1 aromatic carbocycles. The minimum Gasteiger partial charge on any atom is -0.351 e. The Balaban J connectivity index is 0.00000192. The molecule has 23 heavy (non-hydrogen) atoms. The van der Waals surface area contributed by atoms with Crippen LogP contribution in [0.3, 0.4) is 0 Å². The van der Waals surface area contributed by atoms with Gasteiger partial charge in [-0.2, -0.15) is 0 Å². The van der Waals surface area contributed by atoms with Crippen LogP contribution in [-0.2, 0) is 4.79 Å². The number of carbonyl (C=O) groups excluding carboxylic acids is 1. The SMILES string of the molecule is Cc1ccc(SC2(C(=O)N[C@H]3CCCNC3)CCCC2)cc1.Cl. The molecule has 1 heterocycles. The van der Waals surface area contributed by atoms with E-state index in [2.05, 4.69) is 41.8 Å². The predicted octanol–water partition coefficient (Wildman–Crippen LogP) is 3.69. The summed E-state index contributed by atoms with van der Waals surface area (Å²) in [5.74, 6) is 0.254. The molecule has 2 fully saturated rings. The number of hydrogen-bond acceptors (Lipinski definition) is 3. The molecule has 0 unspecified atom stereocenters. The first-order valence-electron chi connectivity index (χ1n) is 8.45. The topological polar surface area (TPSA) is 41.1 Å². The number of piperidine rings is 1. The molecule has 5 heteroatoms. The van der Waals surface area contributed by atoms with E-state index in [1.165, 1.54) is 10.5 Å². The number of benzene rings is 1. The summed E-state index contributed by atoms with van der Waals surface area (Å²) in [5, 5.41) is 6.69. The van der Waals surface area contributed by atoms with Crippen LogP contribution >= 0.6 is 24.2 Å². The second-order valence-electron chi connectivity index (χ2n) is 6.63. The zero-order chi connectivity index (χ0) is 15.4. The van der Waals surface area contributed by atoms with Crippen molar-refractivity contribution in [2.24, 2.45) is 0 Å². The van der Waals surface area contributed by atoms with E-state index in [9.17, 15) is 4.79 Å². The van der Waals surface area contributed by atoms with Crippen LogP contribution in [0, 0.1) is 6.92 Å². The average molecular weight is 355 g/mol. The summed E-state index contributed by atoms with van der Waals surface area (Å²) in [5.41, 5.74) is 1.27. The minimum absolute atomic E-state index is 0. The molecular weight excluding hydrogens is 328 g/mol. The van der Waals surface area contributed by atoms with Gasteiger partial charge in [-0.15, -0.1) is 24.2 Å². The lowest BCUT2D eigenvalue weighted by Crippen LogP contribution is -2.51. The summed E-state index contributed by atoms with van der Waals surface area (Å²) in [6.45, 7) is 4.09. The molecule has 0 radical (unpaired) electrons. The molecule has 1 atom stereocenters. The summed E-state index contributed by atoms with van der Waals surface area (Å²) in [6.07, 6.45) is 6.58. The van der Waals surface area contributed by atoms with Crippen LogP contribution in [-0.4, -0.2) is 29.8 Å². The second kappa shape index (κ2) is 8.41. The van der Waals surface area contributed by atoms with E-state index >= 15 is 0 Å². The van der Waals surface area contributed by atoms with Crippen LogP contribution in [0.1, 0.15) is 44.1 Å². The van der Waals surface area contributed by atoms with Crippen molar-refractivity contribution in [3.05, 3.63) is 29.8 Å². The van der Waals surface area contributed by atoms with Gasteiger partial charge >= 0.3 is 0 Å². The molecule has 128 valence electrons. The van der Waals surface area contributed by atoms with E-state index in [0.29, 0.717) is 6.04 Å². The Kier molecular flexibility index (Phi) is 6.81. The summed E-state index contributed by atoms with van der Waals surface area (Å²) in [7, 11) is 0. The lowest BCUT2D eigenvalue weighted by Gasteiger charge is -2.31. The molecule has 0 aromatic heterocycles. The summed E-state index contributed by atoms with van der Waals surface area (Å²) in [4.78, 5) is 14.2. The van der Waals surface area contributed by atoms with Crippen molar-refractivity contribution in [2.75, 3.05) is 13.1 Å². The Hall–Kier alpha value is -0.710. The van der Waals surface area contributed by atoms with Crippen molar-refractivity contribution < 1.29 is 4.79 Å². The molecule has 1 saturated carbocycles. The molecule has 1 aliphatic heterocycles. The van der Waals surface area contributed by atoms with Gasteiger partial charge in [-0.1, -0.05) is 30.5 Å². The fourth-order valence-electron chi connectivity index (χ4n) is 3.45. The molecule has 0 spiro atoms. The van der Waals surface area contributed by atoms with E-state index < -0.39 is 0 Å². The number of aryl methyl sites for hydroxylation is 1. The maximum absolute atomic E-state index is 12.9. The van der Waals surface area contributed by atoms with E-state index in [-0.39, 0.29) is 23.1 Å². The third-order valence-electron chi connectivity index (χ3n) is 4.79. The van der Waals surface area contributed by atoms with Crippen molar-refractivity contribution >= 4 is 30.1 Å². The summed E-state index contributed by atoms with van der Waals surface area (Å²) >= 11 is 1.77. The number of halogens is 1. The fraction of sp³-hybridized carbons (Fsp3) is 0.611. The molecular formula is C18H27ClN2OS. The number of hydrogen-bond donors (Lipinski definition) is 2. The van der Waals surface area contributed by atoms with Gasteiger partial charge < -0.3 is 10.6 Å². The number of thioether (sulfide) groups is 1. The van der Waals surface area contributed by atoms with Gasteiger partial charge in [-0.05, 0) is 51.3 Å². The Labute approximate surface area is 149 Å². The number of nitrogens with one attached hydrogen (secondary N) is 2. The second-order valence-corrected chi connectivity index (χ2v) is 8.09. The highest BCUT2D eigenvalue weighted by atomic mass is 35.5. The van der Waals surface area contributed by atoms with Gasteiger partial charge in [0.15, 0.2) is 0 Å². The largest absolute Gasteiger partial charge is 0.351 e. The van der Waals surface area contributed by atoms with Gasteiger partial charge in [0.1, 0.15) is 0 Å². The maximum Gasteiger partial charge on any atom is 0.236 e. The van der Waals surface area contributed by atoms with Crippen LogP contribution < -0.4 is 10.6 Å². The lowest BCUT2D eigenvalue weighted by atomic mass is 10.0. The number of carbonyl (C=O) groups is 1. The van der Waals surface area contributed by atoms with Crippen LogP contribution in [0.4, 0.5) is 0 Å². The lowest BCUT2D eigenvalue weighted by molar-refractivity contribution is -0.124. The van der Waals surface area contributed by atoms with E-state index in [1.807, 2.05) is 0 Å². The van der Waals surface area contributed by atoms with Gasteiger partial charge in [-0.3, -0.25) is 4.79 Å². The van der Waals surface area contributed by atoms with Crippen molar-refractivity contribution in [2.45, 2.75) is 61.1 Å². The molecule has 1 aromatic rings. The number of rotatable bonds is 4. The molecule has 0 bridgehead atoms. The quantitative estimate of drug-likeness (QED) is 0.866. The van der Waals surface area contributed by atoms with Crippen LogP contribution in [0.15, 0.2) is 29.2 Å². The highest BCUT2D eigenvalue weighted by Gasteiger charge is 2.42. The first-order valence-corrected chi connectivity index (χ1v) is 9.27. The monoisotopic (exact) mass is 354 g/mol. The van der Waals surface area contributed by atoms with Crippen LogP contribution in [0.25, 0.3) is 0 Å². The third-order valence-corrected chi connectivity index (χ3v) is 6.28. The van der Waals surface area contributed by atoms with E-state index in [0.717, 1.165) is 51.6 Å². The van der Waals surface area contributed by atoms with Crippen molar-refractivity contribution in [1.82, 2.24) is 10.6 Å². The zero-order valence-electron chi connectivity index (χ0n) is 13.8. The third kappa shape index (κ3) is 4.65. The Morgan fingerprint density at radius 3 is 2.52 bits per heavy atom. The first-order chi connectivity index (χ1) is 10.7. The van der Waals surface area contributed by atoms with Crippen molar-refractivity contribution in [3.63, 3.8) is 0 Å². The summed E-state index contributed by atoms with van der Waals surface area (Å²) in [6, 6.07) is 8.87. The first kappa shape index (κ1) is 18.6. The Morgan fingerprint density at radius 2 is 1.91 bits per heavy atom. The highest BCUT2D eigenvalue weighted by Crippen LogP contribution is 2.45. The van der Waals surface area contributed by atoms with Crippen LogP contribution in [0.2, 0.25) is 0 Å². The van der Waals surface area contributed by atoms with Gasteiger partial charge in [0.25, 0.3) is 0 Å². The molecule has 1 amide bonds. The molecule has 3 nitrogen and oxygen atoms in total. The normalized spacial score (nSPS) is 23.1. The zero-order valence-corrected chi connectivity index (χ0v) is 15.4. The summed E-state index contributed by atoms with van der Waals surface area (Å²) < 4.78 is -0.257. The molecule has 2 N–H and O–H groups in total. The van der Waals surface area contributed by atoms with E-state index in [1.54, 1.807) is 11.8 Å². The molecule has 2 aliphatic rings. The van der Waals surface area contributed by atoms with Gasteiger partial charge in [0.05, 0.1) is 4.75 Å². The van der Waals surface area contributed by atoms with Gasteiger partial charge in [-0.25, -0.2) is 0 Å². The predicted molar refractivity (Wildman–Crippen MR) is 99.5 cm³/mol. The molecule has 3 rings (SSSR count). The van der Waals surface area contributed by atoms with Crippen LogP contribution in [0.5, 0.6) is 0 Å². The Bertz CT molecular complexity index is 508. The molecule has 1 aliphatic carbocycles. The maximum atomic E-state index is 12.9. The smallest absolute Gasteiger partial charge is 0.236 e. The van der Waals surface area contributed by atoms with Crippen molar-refractivity contribution in [1.29, 1.82) is 0 Å². The van der Waals surface area contributed by atoms with Gasteiger partial charge in [0.2, 0.25) is 5.91 Å². The Morgan fingerprint density at radius 1 is 1.22 bits per heavy atom. The number of amides is 1.